The summed E-state index contributed by atoms with van der Waals surface area (Å²) in [5, 5.41) is 8.79. The van der Waals surface area contributed by atoms with Gasteiger partial charge in [-0.25, -0.2) is 9.37 Å². The molecule has 0 spiro atoms. The van der Waals surface area contributed by atoms with Gasteiger partial charge in [-0.1, -0.05) is 5.92 Å². The Balaban J connectivity index is 1.59. The van der Waals surface area contributed by atoms with Gasteiger partial charge in [-0.15, -0.1) is 0 Å². The van der Waals surface area contributed by atoms with Crippen molar-refractivity contribution < 1.29 is 27.1 Å². The quantitative estimate of drug-likeness (QED) is 0.284. The predicted octanol–water partition coefficient (Wildman–Crippen LogP) is 4.12. The van der Waals surface area contributed by atoms with Crippen LogP contribution in [-0.2, 0) is 6.42 Å². The van der Waals surface area contributed by atoms with Crippen LogP contribution >= 0.6 is 0 Å². The number of anilines is 2. The molecule has 1 fully saturated rings. The number of likely N-dealkylation sites (tertiary alicyclic amines) is 1. The number of amides is 1. The molecule has 12 heteroatoms. The largest absolute Gasteiger partial charge is 0.492 e. The first-order chi connectivity index (χ1) is 19.1. The number of benzene rings is 1. The van der Waals surface area contributed by atoms with Gasteiger partial charge in [0.1, 0.15) is 17.6 Å². The van der Waals surface area contributed by atoms with E-state index >= 15 is 0 Å². The van der Waals surface area contributed by atoms with Crippen LogP contribution in [0.25, 0.3) is 5.65 Å². The summed E-state index contributed by atoms with van der Waals surface area (Å²) in [6.45, 7) is 3.25. The summed E-state index contributed by atoms with van der Waals surface area (Å²) < 4.78 is 62.2. The number of hydrogen-bond acceptors (Lipinski definition) is 6. The normalized spacial score (nSPS) is 17.7. The summed E-state index contributed by atoms with van der Waals surface area (Å²) in [7, 11) is 3.38. The molecule has 4 rings (SSSR count). The van der Waals surface area contributed by atoms with Crippen molar-refractivity contribution in [2.45, 2.75) is 38.2 Å². The number of piperidine rings is 1. The Morgan fingerprint density at radius 3 is 2.75 bits per heavy atom. The molecule has 1 saturated heterocycles. The number of fused-ring (bicyclic) bond motifs is 1. The lowest BCUT2D eigenvalue weighted by molar-refractivity contribution is -0.128. The Morgan fingerprint density at radius 1 is 1.25 bits per heavy atom. The van der Waals surface area contributed by atoms with E-state index in [0.717, 1.165) is 0 Å². The maximum Gasteiger partial charge on any atom is 0.394 e. The van der Waals surface area contributed by atoms with Crippen LogP contribution in [0.1, 0.15) is 35.1 Å². The summed E-state index contributed by atoms with van der Waals surface area (Å²) in [5.41, 5.74) is 1.62. The first kappa shape index (κ1) is 29.0. The summed E-state index contributed by atoms with van der Waals surface area (Å²) in [4.78, 5) is 18.3. The highest BCUT2D eigenvalue weighted by Crippen LogP contribution is 2.29. The van der Waals surface area contributed by atoms with Gasteiger partial charge in [0.25, 0.3) is 5.91 Å². The summed E-state index contributed by atoms with van der Waals surface area (Å²) in [6, 6.07) is 7.72. The number of ether oxygens (including phenoxy) is 1. The third-order valence-electron chi connectivity index (χ3n) is 6.55. The number of alkyl halides is 4. The van der Waals surface area contributed by atoms with Crippen LogP contribution in [0.5, 0.6) is 5.75 Å². The third kappa shape index (κ3) is 6.96. The zero-order valence-corrected chi connectivity index (χ0v) is 22.5. The van der Waals surface area contributed by atoms with E-state index in [9.17, 15) is 22.4 Å². The third-order valence-corrected chi connectivity index (χ3v) is 6.55. The second kappa shape index (κ2) is 12.5. The molecule has 2 aromatic heterocycles. The fourth-order valence-electron chi connectivity index (χ4n) is 4.60. The number of nitrogens with one attached hydrogen (secondary N) is 3. The molecule has 214 valence electrons. The van der Waals surface area contributed by atoms with Gasteiger partial charge in [0.05, 0.1) is 42.7 Å². The average Bonchev–Trinajstić information content (AvgIpc) is 3.25. The molecule has 0 bridgehead atoms. The molecular weight excluding hydrogens is 528 g/mol. The minimum atomic E-state index is -4.48. The number of aromatic nitrogens is 2. The monoisotopic (exact) mass is 560 g/mol. The number of carbonyl (C=O) groups is 1. The molecule has 3 heterocycles. The highest BCUT2D eigenvalue weighted by Gasteiger charge is 2.32. The lowest BCUT2D eigenvalue weighted by Gasteiger charge is -2.33. The molecular formula is C28H32F4N6O2. The minimum absolute atomic E-state index is 0.00597. The fourth-order valence-corrected chi connectivity index (χ4v) is 4.60. The molecule has 1 aromatic carbocycles. The maximum atomic E-state index is 14.7. The van der Waals surface area contributed by atoms with E-state index in [1.807, 2.05) is 18.9 Å². The Hall–Kier alpha value is -3.98. The number of nitrogens with zero attached hydrogens (tertiary/aromatic N) is 3. The Kier molecular flexibility index (Phi) is 9.04. The molecule has 2 atom stereocenters. The molecule has 1 aliphatic rings. The number of imidazole rings is 1. The summed E-state index contributed by atoms with van der Waals surface area (Å²) in [6.07, 6.45) is -4.76. The molecule has 40 heavy (non-hydrogen) atoms. The van der Waals surface area contributed by atoms with Crippen LogP contribution in [0, 0.1) is 11.8 Å². The van der Waals surface area contributed by atoms with E-state index in [1.54, 1.807) is 30.3 Å². The van der Waals surface area contributed by atoms with Crippen molar-refractivity contribution in [2.24, 2.45) is 0 Å². The van der Waals surface area contributed by atoms with Gasteiger partial charge in [-0.05, 0) is 56.6 Å². The van der Waals surface area contributed by atoms with Crippen LogP contribution in [-0.4, -0.2) is 78.9 Å². The predicted molar refractivity (Wildman–Crippen MR) is 146 cm³/mol. The van der Waals surface area contributed by atoms with E-state index in [4.69, 9.17) is 4.74 Å². The zero-order chi connectivity index (χ0) is 28.9. The van der Waals surface area contributed by atoms with Crippen LogP contribution in [0.15, 0.2) is 36.5 Å². The highest BCUT2D eigenvalue weighted by molar-refractivity contribution is 5.95. The van der Waals surface area contributed by atoms with Crippen LogP contribution in [0.4, 0.5) is 28.9 Å². The first-order valence-electron chi connectivity index (χ1n) is 13.0. The minimum Gasteiger partial charge on any atom is -0.492 e. The molecule has 3 N–H and O–H groups in total. The van der Waals surface area contributed by atoms with Gasteiger partial charge in [0.2, 0.25) is 0 Å². The van der Waals surface area contributed by atoms with Crippen molar-refractivity contribution in [2.75, 3.05) is 51.0 Å². The lowest BCUT2D eigenvalue weighted by atomic mass is 10.0. The number of rotatable bonds is 8. The summed E-state index contributed by atoms with van der Waals surface area (Å²) >= 11 is 0. The average molecular weight is 561 g/mol. The molecule has 8 nitrogen and oxygen atoms in total. The van der Waals surface area contributed by atoms with Crippen LogP contribution < -0.4 is 20.7 Å². The van der Waals surface area contributed by atoms with E-state index in [2.05, 4.69) is 32.8 Å². The van der Waals surface area contributed by atoms with Crippen molar-refractivity contribution >= 4 is 22.9 Å². The maximum absolute atomic E-state index is 14.7. The second-order valence-corrected chi connectivity index (χ2v) is 9.51. The molecule has 1 aliphatic heterocycles. The van der Waals surface area contributed by atoms with Crippen LogP contribution in [0.2, 0.25) is 0 Å². The first-order valence-corrected chi connectivity index (χ1v) is 13.0. The molecule has 0 radical (unpaired) electrons. The Labute approximate surface area is 230 Å². The molecule has 0 aliphatic carbocycles. The molecule has 0 saturated carbocycles. The standard InChI is InChI=1S/C28H32F4N6O2/c1-4-40-25-15-18(27(39)33-2)9-10-22(25)34-12-5-7-21-24(16-28(30,31)32)38-13-6-8-23(26(38)36-21)35-20-11-14-37(3)17-19(20)29/h6,8-10,13,15,19-20,34-35H,4,11-12,14,16-17H2,1-3H3,(H,33,39)/t19-,20+/m0/s1. The van der Waals surface area contributed by atoms with Crippen LogP contribution in [0.3, 0.4) is 0 Å². The van der Waals surface area contributed by atoms with Crippen molar-refractivity contribution in [3.05, 3.63) is 53.5 Å². The Morgan fingerprint density at radius 2 is 2.05 bits per heavy atom. The van der Waals surface area contributed by atoms with E-state index in [0.29, 0.717) is 42.3 Å². The molecule has 3 aromatic rings. The van der Waals surface area contributed by atoms with Crippen molar-refractivity contribution in [3.63, 3.8) is 0 Å². The molecule has 1 amide bonds. The number of pyridine rings is 1. The SMILES string of the molecule is CCOc1cc(C(=O)NC)ccc1NCC#Cc1nc2c(N[C@@H]3CCN(C)C[C@@H]3F)cccn2c1CC(F)(F)F. The van der Waals surface area contributed by atoms with Gasteiger partial charge >= 0.3 is 6.18 Å². The smallest absolute Gasteiger partial charge is 0.394 e. The van der Waals surface area contributed by atoms with E-state index in [1.165, 1.54) is 17.6 Å². The van der Waals surface area contributed by atoms with Gasteiger partial charge in [0, 0.05) is 31.9 Å². The number of hydrogen-bond donors (Lipinski definition) is 3. The summed E-state index contributed by atoms with van der Waals surface area (Å²) in [5.74, 6) is 5.81. The fraction of sp³-hybridized carbons (Fsp3) is 0.429. The highest BCUT2D eigenvalue weighted by atomic mass is 19.4. The lowest BCUT2D eigenvalue weighted by Crippen LogP contribution is -2.46. The van der Waals surface area contributed by atoms with Crippen molar-refractivity contribution in [1.82, 2.24) is 19.6 Å². The Bertz CT molecular complexity index is 1410. The number of carbonyl (C=O) groups excluding carboxylic acids is 1. The van der Waals surface area contributed by atoms with E-state index < -0.39 is 24.8 Å². The zero-order valence-electron chi connectivity index (χ0n) is 22.5. The number of halogens is 4. The van der Waals surface area contributed by atoms with Gasteiger partial charge in [-0.3, -0.25) is 4.79 Å². The van der Waals surface area contributed by atoms with E-state index in [-0.39, 0.29) is 36.0 Å². The van der Waals surface area contributed by atoms with Crippen molar-refractivity contribution in [1.29, 1.82) is 0 Å². The van der Waals surface area contributed by atoms with Gasteiger partial charge < -0.3 is 30.0 Å². The van der Waals surface area contributed by atoms with Gasteiger partial charge in [0.15, 0.2) is 5.65 Å². The second-order valence-electron chi connectivity index (χ2n) is 9.51. The topological polar surface area (TPSA) is 82.9 Å². The van der Waals surface area contributed by atoms with Crippen molar-refractivity contribution in [3.8, 4) is 17.6 Å². The molecule has 0 unspecified atom stereocenters. The van der Waals surface area contributed by atoms with Gasteiger partial charge in [-0.2, -0.15) is 13.2 Å².